The van der Waals surface area contributed by atoms with Crippen LogP contribution in [0.25, 0.3) is 10.4 Å². The van der Waals surface area contributed by atoms with Crippen molar-refractivity contribution in [2.75, 3.05) is 0 Å². The Hall–Kier alpha value is -1.68. The molecule has 0 aliphatic carbocycles. The highest BCUT2D eigenvalue weighted by molar-refractivity contribution is 7.13. The van der Waals surface area contributed by atoms with Crippen molar-refractivity contribution in [3.8, 4) is 16.2 Å². The van der Waals surface area contributed by atoms with Crippen LogP contribution in [0, 0.1) is 6.92 Å². The summed E-state index contributed by atoms with van der Waals surface area (Å²) in [5, 5.41) is 0. The van der Waals surface area contributed by atoms with Crippen molar-refractivity contribution in [2.24, 2.45) is 0 Å². The van der Waals surface area contributed by atoms with Gasteiger partial charge in [-0.2, -0.15) is 0 Å². The van der Waals surface area contributed by atoms with E-state index in [0.29, 0.717) is 12.2 Å². The molecule has 0 aliphatic rings. The summed E-state index contributed by atoms with van der Waals surface area (Å²) in [7, 11) is 0. The van der Waals surface area contributed by atoms with Gasteiger partial charge in [-0.1, -0.05) is 6.92 Å². The third-order valence-electron chi connectivity index (χ3n) is 2.38. The molecule has 0 N–H and O–H groups in total. The van der Waals surface area contributed by atoms with E-state index in [4.69, 9.17) is 4.74 Å². The Balaban J connectivity index is 2.19. The fraction of sp³-hybridized carbons (Fsp3) is 0.231. The first-order chi connectivity index (χ1) is 8.20. The van der Waals surface area contributed by atoms with Gasteiger partial charge >= 0.3 is 5.97 Å². The zero-order valence-electron chi connectivity index (χ0n) is 9.77. The summed E-state index contributed by atoms with van der Waals surface area (Å²) in [5.74, 6) is 0.370. The maximum Gasteiger partial charge on any atom is 0.310 e. The summed E-state index contributed by atoms with van der Waals surface area (Å²) in [4.78, 5) is 16.5. The molecule has 2 rings (SSSR count). The van der Waals surface area contributed by atoms with E-state index >= 15 is 0 Å². The molecular weight excluding hydrogens is 234 g/mol. The number of rotatable bonds is 3. The first kappa shape index (κ1) is 11.8. The quantitative estimate of drug-likeness (QED) is 0.616. The number of carbonyl (C=O) groups excluding carboxylic acids is 1. The Morgan fingerprint density at radius 2 is 2.06 bits per heavy atom. The Morgan fingerprint density at radius 3 is 2.59 bits per heavy atom. The van der Waals surface area contributed by atoms with Crippen molar-refractivity contribution in [2.45, 2.75) is 20.3 Å². The van der Waals surface area contributed by atoms with Crippen LogP contribution in [0.3, 0.4) is 0 Å². The highest BCUT2D eigenvalue weighted by Gasteiger charge is 2.06. The fourth-order valence-electron chi connectivity index (χ4n) is 1.46. The van der Waals surface area contributed by atoms with E-state index in [2.05, 4.69) is 4.98 Å². The lowest BCUT2D eigenvalue weighted by Gasteiger charge is -2.03. The molecule has 0 saturated heterocycles. The molecular formula is C13H13NO2S. The summed E-state index contributed by atoms with van der Waals surface area (Å²) in [5.41, 5.74) is 3.95. The van der Waals surface area contributed by atoms with Crippen LogP contribution < -0.4 is 4.74 Å². The standard InChI is InChI=1S/C13H13NO2S/c1-3-12(15)16-11-6-4-10(5-7-11)13-9(2)14-8-17-13/h4-8H,3H2,1-2H3. The Morgan fingerprint density at radius 1 is 1.35 bits per heavy atom. The van der Waals surface area contributed by atoms with E-state index in [1.165, 1.54) is 0 Å². The van der Waals surface area contributed by atoms with Gasteiger partial charge in [-0.15, -0.1) is 11.3 Å². The first-order valence-corrected chi connectivity index (χ1v) is 6.30. The lowest BCUT2D eigenvalue weighted by Crippen LogP contribution is -2.05. The average Bonchev–Trinajstić information content (AvgIpc) is 2.76. The van der Waals surface area contributed by atoms with Crippen LogP contribution in [0.2, 0.25) is 0 Å². The van der Waals surface area contributed by atoms with Gasteiger partial charge in [-0.3, -0.25) is 4.79 Å². The second-order valence-electron chi connectivity index (χ2n) is 3.62. The topological polar surface area (TPSA) is 39.2 Å². The van der Waals surface area contributed by atoms with Crippen molar-refractivity contribution < 1.29 is 9.53 Å². The molecule has 17 heavy (non-hydrogen) atoms. The predicted molar refractivity (Wildman–Crippen MR) is 68.2 cm³/mol. The number of thiazole rings is 1. The summed E-state index contributed by atoms with van der Waals surface area (Å²) in [6.45, 7) is 3.76. The van der Waals surface area contributed by atoms with Gasteiger partial charge in [-0.05, 0) is 36.8 Å². The van der Waals surface area contributed by atoms with Crippen molar-refractivity contribution in [1.29, 1.82) is 0 Å². The number of esters is 1. The normalized spacial score (nSPS) is 10.2. The molecule has 0 radical (unpaired) electrons. The second-order valence-corrected chi connectivity index (χ2v) is 4.47. The molecule has 0 fully saturated rings. The van der Waals surface area contributed by atoms with Crippen molar-refractivity contribution in [3.05, 3.63) is 35.5 Å². The number of carbonyl (C=O) groups is 1. The van der Waals surface area contributed by atoms with Gasteiger partial charge in [0.2, 0.25) is 0 Å². The van der Waals surface area contributed by atoms with Gasteiger partial charge in [0.05, 0.1) is 16.1 Å². The number of ether oxygens (including phenoxy) is 1. The van der Waals surface area contributed by atoms with E-state index in [0.717, 1.165) is 16.1 Å². The molecule has 0 saturated carbocycles. The minimum atomic E-state index is -0.216. The number of benzene rings is 1. The second kappa shape index (κ2) is 5.10. The molecule has 0 bridgehead atoms. The molecule has 0 spiro atoms. The number of aryl methyl sites for hydroxylation is 1. The summed E-state index contributed by atoms with van der Waals surface area (Å²) in [6.07, 6.45) is 0.385. The summed E-state index contributed by atoms with van der Waals surface area (Å²) in [6, 6.07) is 7.50. The van der Waals surface area contributed by atoms with Crippen LogP contribution in [0.5, 0.6) is 5.75 Å². The monoisotopic (exact) mass is 247 g/mol. The fourth-order valence-corrected chi connectivity index (χ4v) is 2.27. The molecule has 0 amide bonds. The van der Waals surface area contributed by atoms with Crippen molar-refractivity contribution in [3.63, 3.8) is 0 Å². The highest BCUT2D eigenvalue weighted by Crippen LogP contribution is 2.28. The SMILES string of the molecule is CCC(=O)Oc1ccc(-c2scnc2C)cc1. The maximum atomic E-state index is 11.1. The van der Waals surface area contributed by atoms with Gasteiger partial charge in [0.15, 0.2) is 0 Å². The molecule has 1 aromatic heterocycles. The minimum Gasteiger partial charge on any atom is -0.427 e. The van der Waals surface area contributed by atoms with Crippen LogP contribution in [-0.2, 0) is 4.79 Å². The van der Waals surface area contributed by atoms with Crippen molar-refractivity contribution >= 4 is 17.3 Å². The van der Waals surface area contributed by atoms with Crippen molar-refractivity contribution in [1.82, 2.24) is 4.98 Å². The van der Waals surface area contributed by atoms with Crippen LogP contribution in [0.15, 0.2) is 29.8 Å². The van der Waals surface area contributed by atoms with Crippen LogP contribution in [-0.4, -0.2) is 11.0 Å². The smallest absolute Gasteiger partial charge is 0.310 e. The lowest BCUT2D eigenvalue weighted by molar-refractivity contribution is -0.134. The van der Waals surface area contributed by atoms with Crippen LogP contribution in [0.1, 0.15) is 19.0 Å². The van der Waals surface area contributed by atoms with E-state index < -0.39 is 0 Å². The van der Waals surface area contributed by atoms with E-state index in [9.17, 15) is 4.79 Å². The summed E-state index contributed by atoms with van der Waals surface area (Å²) >= 11 is 1.61. The largest absolute Gasteiger partial charge is 0.427 e. The molecule has 0 unspecified atom stereocenters. The Bertz CT molecular complexity index is 516. The molecule has 1 heterocycles. The summed E-state index contributed by atoms with van der Waals surface area (Å²) < 4.78 is 5.11. The average molecular weight is 247 g/mol. The number of hydrogen-bond acceptors (Lipinski definition) is 4. The third kappa shape index (κ3) is 2.71. The predicted octanol–water partition coefficient (Wildman–Crippen LogP) is 3.43. The molecule has 1 aromatic carbocycles. The molecule has 2 aromatic rings. The number of nitrogens with zero attached hydrogens (tertiary/aromatic N) is 1. The van der Waals surface area contributed by atoms with Gasteiger partial charge in [0.1, 0.15) is 5.75 Å². The highest BCUT2D eigenvalue weighted by atomic mass is 32.1. The maximum absolute atomic E-state index is 11.1. The molecule has 0 atom stereocenters. The van der Waals surface area contributed by atoms with Gasteiger partial charge in [0.25, 0.3) is 0 Å². The first-order valence-electron chi connectivity index (χ1n) is 5.42. The van der Waals surface area contributed by atoms with E-state index in [1.54, 1.807) is 18.3 Å². The Labute approximate surface area is 104 Å². The van der Waals surface area contributed by atoms with E-state index in [1.807, 2.05) is 36.7 Å². The number of aromatic nitrogens is 1. The minimum absolute atomic E-state index is 0.216. The van der Waals surface area contributed by atoms with Crippen LogP contribution >= 0.6 is 11.3 Å². The zero-order chi connectivity index (χ0) is 12.3. The Kier molecular flexibility index (Phi) is 3.54. The van der Waals surface area contributed by atoms with Gasteiger partial charge in [0, 0.05) is 6.42 Å². The number of hydrogen-bond donors (Lipinski definition) is 0. The third-order valence-corrected chi connectivity index (χ3v) is 3.36. The van der Waals surface area contributed by atoms with E-state index in [-0.39, 0.29) is 5.97 Å². The van der Waals surface area contributed by atoms with Gasteiger partial charge < -0.3 is 4.74 Å². The molecule has 4 heteroatoms. The molecule has 88 valence electrons. The molecule has 3 nitrogen and oxygen atoms in total. The lowest BCUT2D eigenvalue weighted by atomic mass is 10.1. The van der Waals surface area contributed by atoms with Gasteiger partial charge in [-0.25, -0.2) is 4.98 Å². The molecule has 0 aliphatic heterocycles. The zero-order valence-corrected chi connectivity index (χ0v) is 10.6. The van der Waals surface area contributed by atoms with Crippen LogP contribution in [0.4, 0.5) is 0 Å².